The van der Waals surface area contributed by atoms with Crippen LogP contribution in [0.4, 0.5) is 0 Å². The first-order valence-corrected chi connectivity index (χ1v) is 15.4. The van der Waals surface area contributed by atoms with Gasteiger partial charge in [0, 0.05) is 6.42 Å². The van der Waals surface area contributed by atoms with Gasteiger partial charge >= 0.3 is 5.97 Å². The van der Waals surface area contributed by atoms with Crippen LogP contribution < -0.4 is 0 Å². The summed E-state index contributed by atoms with van der Waals surface area (Å²) in [7, 11) is 1.42. The molecule has 0 saturated carbocycles. The van der Waals surface area contributed by atoms with Crippen LogP contribution in [-0.2, 0) is 28.5 Å². The molecule has 1 unspecified atom stereocenters. The monoisotopic (exact) mass is 610 g/mol. The Hall–Kier alpha value is -0.970. The molecule has 0 amide bonds. The van der Waals surface area contributed by atoms with Crippen LogP contribution in [0.2, 0.25) is 0 Å². The topological polar surface area (TPSA) is 205 Å². The van der Waals surface area contributed by atoms with Gasteiger partial charge in [-0.3, -0.25) is 4.79 Å². The third-order valence-corrected chi connectivity index (χ3v) is 8.05. The van der Waals surface area contributed by atoms with E-state index in [1.807, 2.05) is 6.92 Å². The molecule has 11 atom stereocenters. The molecule has 13 heteroatoms. The van der Waals surface area contributed by atoms with E-state index in [2.05, 4.69) is 4.74 Å². The Morgan fingerprint density at radius 2 is 1.14 bits per heavy atom. The van der Waals surface area contributed by atoms with Crippen molar-refractivity contribution in [3.05, 3.63) is 0 Å². The molecular formula is C29H54O13. The molecule has 2 aliphatic heterocycles. The summed E-state index contributed by atoms with van der Waals surface area (Å²) >= 11 is 0. The average Bonchev–Trinajstić information content (AvgIpc) is 2.98. The summed E-state index contributed by atoms with van der Waals surface area (Å²) < 4.78 is 27.4. The van der Waals surface area contributed by atoms with Gasteiger partial charge in [-0.15, -0.1) is 0 Å². The van der Waals surface area contributed by atoms with E-state index in [1.165, 1.54) is 32.8 Å². The van der Waals surface area contributed by atoms with Crippen LogP contribution in [0.25, 0.3) is 0 Å². The fraction of sp³-hybridized carbons (Fsp3) is 0.966. The Morgan fingerprint density at radius 1 is 0.667 bits per heavy atom. The summed E-state index contributed by atoms with van der Waals surface area (Å²) in [6.07, 6.45) is -1.66. The Kier molecular flexibility index (Phi) is 17.8. The normalized spacial score (nSPS) is 34.3. The molecule has 0 radical (unpaired) electrons. The number of methoxy groups -OCH3 is 1. The van der Waals surface area contributed by atoms with E-state index in [1.54, 1.807) is 0 Å². The summed E-state index contributed by atoms with van der Waals surface area (Å²) in [5.74, 6) is -0.141. The van der Waals surface area contributed by atoms with Gasteiger partial charge in [0.05, 0.1) is 26.4 Å². The first-order valence-electron chi connectivity index (χ1n) is 15.4. The maximum Gasteiger partial charge on any atom is 0.305 e. The van der Waals surface area contributed by atoms with Crippen molar-refractivity contribution in [3.63, 3.8) is 0 Å². The van der Waals surface area contributed by atoms with Gasteiger partial charge in [0.1, 0.15) is 48.8 Å². The number of hydrogen-bond acceptors (Lipinski definition) is 13. The second kappa shape index (κ2) is 20.1. The smallest absolute Gasteiger partial charge is 0.305 e. The number of hydrogen-bond donors (Lipinski definition) is 7. The Balaban J connectivity index is 1.71. The van der Waals surface area contributed by atoms with E-state index in [0.29, 0.717) is 12.8 Å². The predicted molar refractivity (Wildman–Crippen MR) is 149 cm³/mol. The van der Waals surface area contributed by atoms with Crippen molar-refractivity contribution < 1.29 is 64.2 Å². The fourth-order valence-corrected chi connectivity index (χ4v) is 5.34. The van der Waals surface area contributed by atoms with Gasteiger partial charge in [0.15, 0.2) is 12.6 Å². The minimum absolute atomic E-state index is 0.141. The first kappa shape index (κ1) is 37.2. The lowest BCUT2D eigenvalue weighted by molar-refractivity contribution is -0.371. The molecule has 0 spiro atoms. The van der Waals surface area contributed by atoms with Crippen molar-refractivity contribution in [2.24, 2.45) is 0 Å². The minimum atomic E-state index is -1.71. The van der Waals surface area contributed by atoms with E-state index in [9.17, 15) is 40.5 Å². The number of rotatable bonds is 20. The van der Waals surface area contributed by atoms with E-state index in [-0.39, 0.29) is 12.1 Å². The molecule has 248 valence electrons. The molecule has 2 heterocycles. The zero-order chi connectivity index (χ0) is 31.1. The van der Waals surface area contributed by atoms with Crippen LogP contribution in [0.15, 0.2) is 0 Å². The molecule has 13 nitrogen and oxygen atoms in total. The standard InChI is InChI=1S/C29H54O13/c1-18(14-12-10-8-6-4-3-5-7-9-11-13-15-21(32)38-2)39-29-27(25(36)23(34)20(17-31)41-29)42-28-26(37)24(35)22(33)19(16-30)40-28/h18-20,22-31,33-37H,3-17H2,1-2H3/t18?,19-,20-,22-,23-,24+,25+,26-,27-,28+,29-/m1/s1. The van der Waals surface area contributed by atoms with Crippen LogP contribution in [0.1, 0.15) is 90.4 Å². The van der Waals surface area contributed by atoms with Crippen molar-refractivity contribution in [1.82, 2.24) is 0 Å². The Bertz CT molecular complexity index is 726. The number of esters is 1. The molecule has 2 fully saturated rings. The highest BCUT2D eigenvalue weighted by Crippen LogP contribution is 2.30. The van der Waals surface area contributed by atoms with Crippen molar-refractivity contribution in [2.75, 3.05) is 20.3 Å². The summed E-state index contributed by atoms with van der Waals surface area (Å²) in [6.45, 7) is 0.611. The largest absolute Gasteiger partial charge is 0.469 e. The number of carbonyl (C=O) groups is 1. The number of unbranched alkanes of at least 4 members (excludes halogenated alkanes) is 10. The molecule has 0 aromatic carbocycles. The van der Waals surface area contributed by atoms with Gasteiger partial charge in [-0.2, -0.15) is 0 Å². The highest BCUT2D eigenvalue weighted by atomic mass is 16.8. The van der Waals surface area contributed by atoms with Crippen LogP contribution >= 0.6 is 0 Å². The summed E-state index contributed by atoms with van der Waals surface area (Å²) in [4.78, 5) is 11.1. The fourth-order valence-electron chi connectivity index (χ4n) is 5.34. The van der Waals surface area contributed by atoms with Crippen molar-refractivity contribution >= 4 is 5.97 Å². The molecule has 2 aliphatic rings. The van der Waals surface area contributed by atoms with Crippen LogP contribution in [-0.4, -0.2) is 130 Å². The molecule has 0 aromatic rings. The Labute approximate surface area is 248 Å². The van der Waals surface area contributed by atoms with Gasteiger partial charge in [-0.1, -0.05) is 64.2 Å². The molecule has 0 bridgehead atoms. The van der Waals surface area contributed by atoms with Crippen molar-refractivity contribution in [3.8, 4) is 0 Å². The highest BCUT2D eigenvalue weighted by molar-refractivity contribution is 5.68. The zero-order valence-corrected chi connectivity index (χ0v) is 25.0. The Morgan fingerprint density at radius 3 is 1.67 bits per heavy atom. The molecule has 0 aromatic heterocycles. The predicted octanol–water partition coefficient (Wildman–Crippen LogP) is 0.260. The third kappa shape index (κ3) is 11.8. The third-order valence-electron chi connectivity index (χ3n) is 8.05. The average molecular weight is 611 g/mol. The van der Waals surface area contributed by atoms with Gasteiger partial charge in [0.2, 0.25) is 0 Å². The molecule has 42 heavy (non-hydrogen) atoms. The molecular weight excluding hydrogens is 556 g/mol. The molecule has 0 aliphatic carbocycles. The number of aliphatic hydroxyl groups is 7. The van der Waals surface area contributed by atoms with E-state index in [0.717, 1.165) is 44.9 Å². The van der Waals surface area contributed by atoms with Gasteiger partial charge in [-0.25, -0.2) is 0 Å². The van der Waals surface area contributed by atoms with Crippen molar-refractivity contribution in [1.29, 1.82) is 0 Å². The second-order valence-electron chi connectivity index (χ2n) is 11.5. The summed E-state index contributed by atoms with van der Waals surface area (Å²) in [5, 5.41) is 70.6. The maximum atomic E-state index is 11.1. The quantitative estimate of drug-likeness (QED) is 0.0731. The lowest BCUT2D eigenvalue weighted by atomic mass is 9.97. The van der Waals surface area contributed by atoms with Crippen LogP contribution in [0.5, 0.6) is 0 Å². The minimum Gasteiger partial charge on any atom is -0.469 e. The maximum absolute atomic E-state index is 11.1. The lowest BCUT2D eigenvalue weighted by Crippen LogP contribution is -2.64. The lowest BCUT2D eigenvalue weighted by Gasteiger charge is -2.46. The SMILES string of the molecule is COC(=O)CCCCCCCCCCCCCC(C)O[C@@H]1O[C@H](CO)[C@@H](O)[C@H](O)[C@H]1O[C@@H]1O[C@H](CO)[C@@H](O)[C@H](O)[C@H]1O. The number of aliphatic hydroxyl groups excluding tert-OH is 7. The van der Waals surface area contributed by atoms with E-state index in [4.69, 9.17) is 18.9 Å². The van der Waals surface area contributed by atoms with E-state index >= 15 is 0 Å². The summed E-state index contributed by atoms with van der Waals surface area (Å²) in [6, 6.07) is 0. The number of ether oxygens (including phenoxy) is 5. The van der Waals surface area contributed by atoms with Crippen LogP contribution in [0, 0.1) is 0 Å². The second-order valence-corrected chi connectivity index (χ2v) is 11.5. The molecule has 7 N–H and O–H groups in total. The highest BCUT2D eigenvalue weighted by Gasteiger charge is 2.51. The van der Waals surface area contributed by atoms with Gasteiger partial charge in [0.25, 0.3) is 0 Å². The van der Waals surface area contributed by atoms with Gasteiger partial charge < -0.3 is 59.4 Å². The molecule has 2 saturated heterocycles. The number of carbonyl (C=O) groups excluding carboxylic acids is 1. The van der Waals surface area contributed by atoms with Crippen molar-refractivity contribution in [2.45, 2.75) is 158 Å². The van der Waals surface area contributed by atoms with E-state index < -0.39 is 74.6 Å². The zero-order valence-electron chi connectivity index (χ0n) is 25.0. The summed E-state index contributed by atoms with van der Waals surface area (Å²) in [5.41, 5.74) is 0. The van der Waals surface area contributed by atoms with Gasteiger partial charge in [-0.05, 0) is 19.8 Å². The molecule has 2 rings (SSSR count). The van der Waals surface area contributed by atoms with Crippen LogP contribution in [0.3, 0.4) is 0 Å². The first-order chi connectivity index (χ1) is 20.1.